The number of para-hydroxylation sites is 1. The number of guanidine groups is 1. The van der Waals surface area contributed by atoms with Gasteiger partial charge in [-0.1, -0.05) is 18.2 Å². The van der Waals surface area contributed by atoms with Gasteiger partial charge in [0.15, 0.2) is 12.1 Å². The van der Waals surface area contributed by atoms with Gasteiger partial charge in [0.1, 0.15) is 0 Å². The van der Waals surface area contributed by atoms with Crippen LogP contribution < -0.4 is 16.6 Å². The summed E-state index contributed by atoms with van der Waals surface area (Å²) in [6, 6.07) is 12.9. The fourth-order valence-electron chi connectivity index (χ4n) is 2.59. The predicted molar refractivity (Wildman–Crippen MR) is 83.6 cm³/mol. The van der Waals surface area contributed by atoms with Crippen molar-refractivity contribution in [2.45, 2.75) is 6.17 Å². The molecule has 1 aliphatic rings. The van der Waals surface area contributed by atoms with E-state index in [2.05, 4.69) is 20.3 Å². The largest absolute Gasteiger partial charge is 0.370 e. The lowest BCUT2D eigenvalue weighted by atomic mass is 10.2. The summed E-state index contributed by atoms with van der Waals surface area (Å²) < 4.78 is 1.83. The number of benzene rings is 1. The minimum absolute atomic E-state index is 0.206. The molecule has 0 fully saturated rings. The molecule has 3 N–H and O–H groups in total. The Morgan fingerprint density at radius 3 is 2.77 bits per heavy atom. The minimum atomic E-state index is -0.463. The van der Waals surface area contributed by atoms with E-state index in [-0.39, 0.29) is 11.5 Å². The molecule has 1 aromatic carbocycles. The zero-order valence-corrected chi connectivity index (χ0v) is 11.5. The molecule has 1 aliphatic heterocycles. The standard InChI is InChI=1S/C15H12N6O/c16-14-18-12(10-6-3-4-8-17-10)21-11-7-2-1-5-9(11)13(22)19-15(21)20-14/h1-8,12H,(H3,16,18,19,20,22). The Bertz CT molecular complexity index is 947. The summed E-state index contributed by atoms with van der Waals surface area (Å²) in [7, 11) is 0. The van der Waals surface area contributed by atoms with Crippen molar-refractivity contribution in [3.63, 3.8) is 0 Å². The third kappa shape index (κ3) is 1.83. The van der Waals surface area contributed by atoms with E-state index in [0.717, 1.165) is 11.2 Å². The average Bonchev–Trinajstić information content (AvgIpc) is 2.55. The van der Waals surface area contributed by atoms with Crippen molar-refractivity contribution in [3.05, 3.63) is 64.7 Å². The number of aliphatic imine (C=N–C) groups is 1. The zero-order valence-electron chi connectivity index (χ0n) is 11.5. The number of hydrogen-bond acceptors (Lipinski definition) is 6. The molecule has 4 rings (SSSR count). The fraction of sp³-hybridized carbons (Fsp3) is 0.0667. The van der Waals surface area contributed by atoms with Gasteiger partial charge in [-0.15, -0.1) is 0 Å². The lowest BCUT2D eigenvalue weighted by molar-refractivity contribution is 0.599. The Hall–Kier alpha value is -3.22. The molecule has 0 saturated heterocycles. The quantitative estimate of drug-likeness (QED) is 0.699. The van der Waals surface area contributed by atoms with E-state index in [0.29, 0.717) is 11.3 Å². The third-order valence-electron chi connectivity index (χ3n) is 3.53. The molecule has 7 nitrogen and oxygen atoms in total. The Morgan fingerprint density at radius 2 is 1.95 bits per heavy atom. The number of rotatable bonds is 1. The van der Waals surface area contributed by atoms with Crippen LogP contribution in [0, 0.1) is 0 Å². The van der Waals surface area contributed by atoms with E-state index in [4.69, 9.17) is 5.73 Å². The van der Waals surface area contributed by atoms with E-state index >= 15 is 0 Å². The molecule has 3 aromatic rings. The molecule has 1 atom stereocenters. The third-order valence-corrected chi connectivity index (χ3v) is 3.53. The normalized spacial score (nSPS) is 16.7. The second-order valence-corrected chi connectivity index (χ2v) is 4.90. The Balaban J connectivity index is 2.06. The highest BCUT2D eigenvalue weighted by Gasteiger charge is 2.25. The SMILES string of the molecule is NC1=NC(c2ccccn2)n2c(nc(=O)c3ccccc32)N1. The molecule has 7 heteroatoms. The molecule has 2 aromatic heterocycles. The van der Waals surface area contributed by atoms with Crippen LogP contribution in [-0.2, 0) is 0 Å². The molecule has 0 spiro atoms. The van der Waals surface area contributed by atoms with Crippen LogP contribution in [0.5, 0.6) is 0 Å². The van der Waals surface area contributed by atoms with Crippen molar-refractivity contribution in [1.82, 2.24) is 14.5 Å². The molecule has 3 heterocycles. The van der Waals surface area contributed by atoms with E-state index in [1.165, 1.54) is 0 Å². The number of nitrogens with zero attached hydrogens (tertiary/aromatic N) is 4. The first kappa shape index (κ1) is 12.5. The summed E-state index contributed by atoms with van der Waals surface area (Å²) in [6.07, 6.45) is 1.23. The number of pyridine rings is 1. The number of anilines is 1. The number of nitrogens with one attached hydrogen (secondary N) is 1. The van der Waals surface area contributed by atoms with Gasteiger partial charge in [0.2, 0.25) is 5.95 Å². The smallest absolute Gasteiger partial charge is 0.282 e. The number of fused-ring (bicyclic) bond motifs is 3. The van der Waals surface area contributed by atoms with Gasteiger partial charge in [0.05, 0.1) is 16.6 Å². The fourth-order valence-corrected chi connectivity index (χ4v) is 2.59. The maximum atomic E-state index is 12.1. The highest BCUT2D eigenvalue weighted by atomic mass is 16.1. The van der Waals surface area contributed by atoms with Gasteiger partial charge in [0, 0.05) is 6.20 Å². The first-order chi connectivity index (χ1) is 10.7. The predicted octanol–water partition coefficient (Wildman–Crippen LogP) is 1.08. The van der Waals surface area contributed by atoms with Gasteiger partial charge in [-0.3, -0.25) is 19.7 Å². The van der Waals surface area contributed by atoms with Crippen molar-refractivity contribution in [2.24, 2.45) is 10.7 Å². The molecule has 0 amide bonds. The average molecular weight is 292 g/mol. The van der Waals surface area contributed by atoms with Gasteiger partial charge in [-0.2, -0.15) is 4.98 Å². The summed E-state index contributed by atoms with van der Waals surface area (Å²) in [4.78, 5) is 25.0. The molecule has 108 valence electrons. The van der Waals surface area contributed by atoms with Crippen molar-refractivity contribution in [3.8, 4) is 0 Å². The van der Waals surface area contributed by atoms with Crippen molar-refractivity contribution < 1.29 is 0 Å². The maximum absolute atomic E-state index is 12.1. The second-order valence-electron chi connectivity index (χ2n) is 4.90. The van der Waals surface area contributed by atoms with Crippen molar-refractivity contribution >= 4 is 22.8 Å². The Labute approximate surface area is 125 Å². The van der Waals surface area contributed by atoms with Crippen LogP contribution in [0.2, 0.25) is 0 Å². The van der Waals surface area contributed by atoms with Crippen LogP contribution in [0.4, 0.5) is 5.95 Å². The lowest BCUT2D eigenvalue weighted by Gasteiger charge is -2.26. The number of hydrogen-bond donors (Lipinski definition) is 2. The molecular formula is C15H12N6O. The monoisotopic (exact) mass is 292 g/mol. The highest BCUT2D eigenvalue weighted by Crippen LogP contribution is 2.28. The van der Waals surface area contributed by atoms with Crippen LogP contribution in [0.25, 0.3) is 10.9 Å². The molecule has 1 unspecified atom stereocenters. The molecule has 0 bridgehead atoms. The zero-order chi connectivity index (χ0) is 15.1. The maximum Gasteiger partial charge on any atom is 0.282 e. The van der Waals surface area contributed by atoms with E-state index in [1.54, 1.807) is 12.3 Å². The summed E-state index contributed by atoms with van der Waals surface area (Å²) in [6.45, 7) is 0. The molecule has 0 saturated carbocycles. The first-order valence-corrected chi connectivity index (χ1v) is 6.76. The Morgan fingerprint density at radius 1 is 1.14 bits per heavy atom. The summed E-state index contributed by atoms with van der Waals surface area (Å²) >= 11 is 0. The van der Waals surface area contributed by atoms with Crippen LogP contribution in [-0.4, -0.2) is 20.5 Å². The van der Waals surface area contributed by atoms with Crippen LogP contribution in [0.3, 0.4) is 0 Å². The van der Waals surface area contributed by atoms with Gasteiger partial charge in [0.25, 0.3) is 5.56 Å². The summed E-state index contributed by atoms with van der Waals surface area (Å²) in [5, 5.41) is 3.38. The molecule has 0 radical (unpaired) electrons. The first-order valence-electron chi connectivity index (χ1n) is 6.76. The molecule has 0 aliphatic carbocycles. The minimum Gasteiger partial charge on any atom is -0.370 e. The van der Waals surface area contributed by atoms with Gasteiger partial charge in [-0.25, -0.2) is 4.99 Å². The van der Waals surface area contributed by atoms with E-state index in [1.807, 2.05) is 41.0 Å². The van der Waals surface area contributed by atoms with Crippen LogP contribution in [0.1, 0.15) is 11.9 Å². The number of nitrogens with two attached hydrogens (primary N) is 1. The van der Waals surface area contributed by atoms with E-state index in [9.17, 15) is 4.79 Å². The number of aromatic nitrogens is 3. The lowest BCUT2D eigenvalue weighted by Crippen LogP contribution is -2.35. The van der Waals surface area contributed by atoms with E-state index < -0.39 is 6.17 Å². The molecule has 22 heavy (non-hydrogen) atoms. The second kappa shape index (κ2) is 4.66. The van der Waals surface area contributed by atoms with Gasteiger partial charge >= 0.3 is 0 Å². The topological polar surface area (TPSA) is 98.2 Å². The van der Waals surface area contributed by atoms with Gasteiger partial charge < -0.3 is 5.73 Å². The molecular weight excluding hydrogens is 280 g/mol. The van der Waals surface area contributed by atoms with Crippen molar-refractivity contribution in [1.29, 1.82) is 0 Å². The summed E-state index contributed by atoms with van der Waals surface area (Å²) in [5.74, 6) is 0.574. The van der Waals surface area contributed by atoms with Crippen LogP contribution >= 0.6 is 0 Å². The summed E-state index contributed by atoms with van der Waals surface area (Å²) in [5.41, 5.74) is 6.98. The van der Waals surface area contributed by atoms with Gasteiger partial charge in [-0.05, 0) is 24.3 Å². The highest BCUT2D eigenvalue weighted by molar-refractivity contribution is 5.93. The van der Waals surface area contributed by atoms with Crippen molar-refractivity contribution in [2.75, 3.05) is 5.32 Å². The van der Waals surface area contributed by atoms with Crippen LogP contribution in [0.15, 0.2) is 58.4 Å². The Kier molecular flexibility index (Phi) is 2.65.